The van der Waals surface area contributed by atoms with Crippen molar-refractivity contribution in [3.05, 3.63) is 52.4 Å². The lowest BCUT2D eigenvalue weighted by molar-refractivity contribution is 0.0241. The van der Waals surface area contributed by atoms with Gasteiger partial charge in [0.1, 0.15) is 18.0 Å². The number of carbonyl (C=O) groups excluding carboxylic acids is 1. The number of halogens is 1. The maximum atomic E-state index is 12.7. The molecule has 0 atom stereocenters. The van der Waals surface area contributed by atoms with Crippen LogP contribution in [0.1, 0.15) is 51.4 Å². The van der Waals surface area contributed by atoms with Gasteiger partial charge in [0.25, 0.3) is 0 Å². The van der Waals surface area contributed by atoms with Crippen LogP contribution in [0.15, 0.2) is 30.6 Å². The standard InChI is InChI=1S/C23H27ClN6O3.C2H6/c1-14-10-15(24)11-18(32-9-8-30-7-5-6-26-30)19(14)20-16-12-29(22(31)33-23(2,3)4)13-17(16)27-21(25)28-20;1-2/h5-7,10-11H,8-9,12-13H2,1-4H3,(H2,25,27,28);1-2H3. The number of nitrogens with two attached hydrogens (primary N) is 1. The molecule has 0 saturated carbocycles. The molecule has 3 aromatic rings. The lowest BCUT2D eigenvalue weighted by atomic mass is 10.00. The fourth-order valence-electron chi connectivity index (χ4n) is 3.75. The third-order valence-corrected chi connectivity index (χ3v) is 5.31. The monoisotopic (exact) mass is 500 g/mol. The highest BCUT2D eigenvalue weighted by Crippen LogP contribution is 2.40. The number of carbonyl (C=O) groups is 1. The van der Waals surface area contributed by atoms with Gasteiger partial charge in [0.2, 0.25) is 5.95 Å². The average Bonchev–Trinajstić information content (AvgIpc) is 3.43. The molecule has 0 bridgehead atoms. The van der Waals surface area contributed by atoms with E-state index >= 15 is 0 Å². The van der Waals surface area contributed by atoms with Crippen LogP contribution in [-0.2, 0) is 24.4 Å². The van der Waals surface area contributed by atoms with Crippen molar-refractivity contribution in [2.24, 2.45) is 0 Å². The molecular weight excluding hydrogens is 468 g/mol. The van der Waals surface area contributed by atoms with E-state index in [2.05, 4.69) is 15.1 Å². The summed E-state index contributed by atoms with van der Waals surface area (Å²) in [6.45, 7) is 13.0. The van der Waals surface area contributed by atoms with Gasteiger partial charge < -0.3 is 15.2 Å². The quantitative estimate of drug-likeness (QED) is 0.510. The average molecular weight is 501 g/mol. The summed E-state index contributed by atoms with van der Waals surface area (Å²) in [5.74, 6) is 0.717. The minimum Gasteiger partial charge on any atom is -0.491 e. The predicted octanol–water partition coefficient (Wildman–Crippen LogP) is 5.24. The van der Waals surface area contributed by atoms with Crippen LogP contribution in [0.4, 0.5) is 10.7 Å². The zero-order chi connectivity index (χ0) is 25.8. The van der Waals surface area contributed by atoms with E-state index in [1.54, 1.807) is 21.8 Å². The summed E-state index contributed by atoms with van der Waals surface area (Å²) in [6.07, 6.45) is 3.18. The summed E-state index contributed by atoms with van der Waals surface area (Å²) in [7, 11) is 0. The van der Waals surface area contributed by atoms with Gasteiger partial charge >= 0.3 is 6.09 Å². The van der Waals surface area contributed by atoms with Gasteiger partial charge in [-0.25, -0.2) is 14.8 Å². The number of nitrogens with zero attached hydrogens (tertiary/aromatic N) is 5. The Morgan fingerprint density at radius 1 is 1.20 bits per heavy atom. The molecule has 0 unspecified atom stereocenters. The Labute approximate surface area is 211 Å². The summed E-state index contributed by atoms with van der Waals surface area (Å²) in [5.41, 5.74) is 9.26. The van der Waals surface area contributed by atoms with E-state index in [0.29, 0.717) is 48.4 Å². The number of nitrogen functional groups attached to an aromatic ring is 1. The van der Waals surface area contributed by atoms with Crippen LogP contribution in [0.2, 0.25) is 5.02 Å². The van der Waals surface area contributed by atoms with Crippen LogP contribution >= 0.6 is 11.6 Å². The molecule has 0 aliphatic carbocycles. The Bertz CT molecular complexity index is 1170. The van der Waals surface area contributed by atoms with Gasteiger partial charge in [-0.3, -0.25) is 9.58 Å². The number of anilines is 1. The molecule has 0 radical (unpaired) electrons. The van der Waals surface area contributed by atoms with Gasteiger partial charge in [0, 0.05) is 28.5 Å². The smallest absolute Gasteiger partial charge is 0.410 e. The van der Waals surface area contributed by atoms with E-state index in [1.807, 2.05) is 59.9 Å². The molecular formula is C25H33ClN6O3. The van der Waals surface area contributed by atoms with Gasteiger partial charge in [-0.1, -0.05) is 25.4 Å². The van der Waals surface area contributed by atoms with E-state index in [-0.39, 0.29) is 5.95 Å². The number of ether oxygens (including phenoxy) is 2. The molecule has 1 aromatic carbocycles. The second kappa shape index (κ2) is 10.9. The van der Waals surface area contributed by atoms with Crippen LogP contribution in [0.5, 0.6) is 5.75 Å². The van der Waals surface area contributed by atoms with Crippen molar-refractivity contribution in [1.29, 1.82) is 0 Å². The third-order valence-electron chi connectivity index (χ3n) is 5.09. The van der Waals surface area contributed by atoms with E-state index in [9.17, 15) is 4.79 Å². The van der Waals surface area contributed by atoms with E-state index < -0.39 is 11.7 Å². The molecule has 1 aliphatic heterocycles. The highest BCUT2D eigenvalue weighted by atomic mass is 35.5. The number of aromatic nitrogens is 4. The molecule has 1 aliphatic rings. The maximum Gasteiger partial charge on any atom is 0.410 e. The van der Waals surface area contributed by atoms with E-state index in [1.165, 1.54) is 0 Å². The second-order valence-electron chi connectivity index (χ2n) is 8.91. The number of benzene rings is 1. The Morgan fingerprint density at radius 2 is 1.94 bits per heavy atom. The second-order valence-corrected chi connectivity index (χ2v) is 9.34. The minimum absolute atomic E-state index is 0.131. The molecule has 2 aromatic heterocycles. The first-order chi connectivity index (χ1) is 16.6. The van der Waals surface area contributed by atoms with Gasteiger partial charge in [-0.2, -0.15) is 5.10 Å². The summed E-state index contributed by atoms with van der Waals surface area (Å²) in [4.78, 5) is 23.2. The van der Waals surface area contributed by atoms with Crippen molar-refractivity contribution in [2.75, 3.05) is 12.3 Å². The highest BCUT2D eigenvalue weighted by Gasteiger charge is 2.32. The number of aryl methyl sites for hydroxylation is 1. The molecule has 188 valence electrons. The normalized spacial score (nSPS) is 12.6. The van der Waals surface area contributed by atoms with Crippen LogP contribution in [0.25, 0.3) is 11.3 Å². The predicted molar refractivity (Wildman–Crippen MR) is 136 cm³/mol. The molecule has 2 N–H and O–H groups in total. The lowest BCUT2D eigenvalue weighted by Gasteiger charge is -2.24. The Balaban J connectivity index is 0.00000167. The number of hydrogen-bond acceptors (Lipinski definition) is 7. The highest BCUT2D eigenvalue weighted by molar-refractivity contribution is 6.31. The van der Waals surface area contributed by atoms with Crippen molar-refractivity contribution in [3.8, 4) is 17.0 Å². The van der Waals surface area contributed by atoms with Crippen LogP contribution in [-0.4, -0.2) is 42.9 Å². The molecule has 4 rings (SSSR count). The molecule has 35 heavy (non-hydrogen) atoms. The van der Waals surface area contributed by atoms with Crippen molar-refractivity contribution >= 4 is 23.6 Å². The molecule has 0 saturated heterocycles. The molecule has 10 heteroatoms. The fraction of sp³-hybridized carbons (Fsp3) is 0.440. The molecule has 0 fully saturated rings. The SMILES string of the molecule is CC.Cc1cc(Cl)cc(OCCn2cccn2)c1-c1nc(N)nc2c1CN(C(=O)OC(C)(C)C)C2. The minimum atomic E-state index is -0.595. The van der Waals surface area contributed by atoms with Crippen molar-refractivity contribution in [3.63, 3.8) is 0 Å². The summed E-state index contributed by atoms with van der Waals surface area (Å²) in [5, 5.41) is 4.75. The molecule has 0 spiro atoms. The lowest BCUT2D eigenvalue weighted by Crippen LogP contribution is -2.33. The zero-order valence-corrected chi connectivity index (χ0v) is 21.9. The zero-order valence-electron chi connectivity index (χ0n) is 21.1. The van der Waals surface area contributed by atoms with Crippen LogP contribution in [0.3, 0.4) is 0 Å². The first-order valence-electron chi connectivity index (χ1n) is 11.6. The van der Waals surface area contributed by atoms with Crippen molar-refractivity contribution < 1.29 is 14.3 Å². The molecule has 1 amide bonds. The number of rotatable bonds is 5. The number of fused-ring (bicyclic) bond motifs is 1. The van der Waals surface area contributed by atoms with Crippen LogP contribution < -0.4 is 10.5 Å². The number of amides is 1. The van der Waals surface area contributed by atoms with E-state index in [0.717, 1.165) is 16.7 Å². The van der Waals surface area contributed by atoms with Gasteiger partial charge in [0.05, 0.1) is 31.0 Å². The summed E-state index contributed by atoms with van der Waals surface area (Å²) >= 11 is 6.34. The largest absolute Gasteiger partial charge is 0.491 e. The van der Waals surface area contributed by atoms with Crippen LogP contribution in [0, 0.1) is 6.92 Å². The Kier molecular flexibility index (Phi) is 8.22. The van der Waals surface area contributed by atoms with Crippen molar-refractivity contribution in [2.45, 2.75) is 66.8 Å². The molecule has 9 nitrogen and oxygen atoms in total. The van der Waals surface area contributed by atoms with Gasteiger partial charge in [-0.05, 0) is 51.5 Å². The number of hydrogen-bond donors (Lipinski definition) is 1. The first-order valence-corrected chi connectivity index (χ1v) is 12.0. The summed E-state index contributed by atoms with van der Waals surface area (Å²) < 4.78 is 13.4. The van der Waals surface area contributed by atoms with E-state index in [4.69, 9.17) is 26.8 Å². The first kappa shape index (κ1) is 26.3. The van der Waals surface area contributed by atoms with Gasteiger partial charge in [-0.15, -0.1) is 0 Å². The topological polar surface area (TPSA) is 108 Å². The Hall–Kier alpha value is -3.33. The third kappa shape index (κ3) is 6.42. The fourth-order valence-corrected chi connectivity index (χ4v) is 4.01. The molecule has 3 heterocycles. The Morgan fingerprint density at radius 3 is 2.60 bits per heavy atom. The van der Waals surface area contributed by atoms with Gasteiger partial charge in [0.15, 0.2) is 0 Å². The maximum absolute atomic E-state index is 12.7. The van der Waals surface area contributed by atoms with Crippen molar-refractivity contribution in [1.82, 2.24) is 24.6 Å². The summed E-state index contributed by atoms with van der Waals surface area (Å²) in [6, 6.07) is 5.47.